The second-order valence-corrected chi connectivity index (χ2v) is 4.52. The van der Waals surface area contributed by atoms with Gasteiger partial charge in [0.05, 0.1) is 11.6 Å². The van der Waals surface area contributed by atoms with Gasteiger partial charge in [0.2, 0.25) is 5.91 Å². The molecule has 0 saturated carbocycles. The van der Waals surface area contributed by atoms with Crippen molar-refractivity contribution in [2.75, 3.05) is 5.32 Å². The third kappa shape index (κ3) is 2.83. The third-order valence-corrected chi connectivity index (χ3v) is 3.05. The van der Waals surface area contributed by atoms with Gasteiger partial charge in [-0.2, -0.15) is 0 Å². The van der Waals surface area contributed by atoms with Crippen LogP contribution in [-0.4, -0.2) is 16.1 Å². The first-order valence-electron chi connectivity index (χ1n) is 6.16. The molecule has 5 nitrogen and oxygen atoms in total. The van der Waals surface area contributed by atoms with Gasteiger partial charge in [-0.3, -0.25) is 4.79 Å². The van der Waals surface area contributed by atoms with Crippen LogP contribution in [0, 0.1) is 0 Å². The Bertz CT molecular complexity index is 603. The summed E-state index contributed by atoms with van der Waals surface area (Å²) in [7, 11) is 0. The first-order chi connectivity index (χ1) is 9.49. The largest absolute Gasteiger partial charge is 0.507 e. The van der Waals surface area contributed by atoms with Crippen LogP contribution in [0.15, 0.2) is 42.5 Å². The lowest BCUT2D eigenvalue weighted by Crippen LogP contribution is -2.11. The fraction of sp³-hybridized carbons (Fsp3) is 0.133. The van der Waals surface area contributed by atoms with Gasteiger partial charge in [-0.15, -0.1) is 0 Å². The Hall–Kier alpha value is -2.69. The molecular weight excluding hydrogens is 256 g/mol. The zero-order valence-electron chi connectivity index (χ0n) is 11.0. The number of carbonyl (C=O) groups is 1. The average Bonchev–Trinajstić information content (AvgIpc) is 2.39. The topological polar surface area (TPSA) is 95.6 Å². The monoisotopic (exact) mass is 272 g/mol. The van der Waals surface area contributed by atoms with Gasteiger partial charge in [-0.05, 0) is 43.3 Å². The molecular formula is C15H16N2O3. The lowest BCUT2D eigenvalue weighted by atomic mass is 10.1. The minimum atomic E-state index is -0.483. The minimum Gasteiger partial charge on any atom is -0.507 e. The summed E-state index contributed by atoms with van der Waals surface area (Å²) in [6.07, 6.45) is 0. The van der Waals surface area contributed by atoms with E-state index >= 15 is 0 Å². The second kappa shape index (κ2) is 5.52. The number of rotatable bonds is 4. The van der Waals surface area contributed by atoms with Crippen molar-refractivity contribution in [2.45, 2.75) is 13.0 Å². The standard InChI is InChI=1S/C15H16N2O3/c1-9(14-12(18)3-2-4-13(14)19)17-11-7-5-10(6-8-11)15(16)20/h2-9,17-19H,1H3,(H2,16,20). The molecule has 104 valence electrons. The van der Waals surface area contributed by atoms with E-state index in [4.69, 9.17) is 5.73 Å². The molecule has 0 aliphatic carbocycles. The number of anilines is 1. The summed E-state index contributed by atoms with van der Waals surface area (Å²) in [6.45, 7) is 1.82. The van der Waals surface area contributed by atoms with Gasteiger partial charge in [-0.25, -0.2) is 0 Å². The van der Waals surface area contributed by atoms with Gasteiger partial charge >= 0.3 is 0 Å². The van der Waals surface area contributed by atoms with Gasteiger partial charge in [0.25, 0.3) is 0 Å². The highest BCUT2D eigenvalue weighted by Gasteiger charge is 2.14. The van der Waals surface area contributed by atoms with E-state index in [-0.39, 0.29) is 17.5 Å². The number of hydrogen-bond donors (Lipinski definition) is 4. The van der Waals surface area contributed by atoms with Gasteiger partial charge in [-0.1, -0.05) is 6.07 Å². The molecule has 0 spiro atoms. The number of hydrogen-bond acceptors (Lipinski definition) is 4. The van der Waals surface area contributed by atoms with E-state index in [0.29, 0.717) is 11.1 Å². The number of aromatic hydroxyl groups is 2. The van der Waals surface area contributed by atoms with Crippen molar-refractivity contribution in [3.05, 3.63) is 53.6 Å². The molecule has 2 aromatic rings. The molecule has 0 aliphatic heterocycles. The number of amides is 1. The lowest BCUT2D eigenvalue weighted by Gasteiger charge is -2.18. The van der Waals surface area contributed by atoms with Crippen LogP contribution in [0.4, 0.5) is 5.69 Å². The number of nitrogens with two attached hydrogens (primary N) is 1. The summed E-state index contributed by atoms with van der Waals surface area (Å²) in [4.78, 5) is 11.0. The maximum atomic E-state index is 11.0. The van der Waals surface area contributed by atoms with Crippen LogP contribution >= 0.6 is 0 Å². The summed E-state index contributed by atoms with van der Waals surface area (Å²) in [6, 6.07) is 11.0. The Kier molecular flexibility index (Phi) is 3.79. The highest BCUT2D eigenvalue weighted by atomic mass is 16.3. The predicted octanol–water partition coefficient (Wildman–Crippen LogP) is 2.37. The van der Waals surface area contributed by atoms with E-state index in [1.807, 2.05) is 6.92 Å². The van der Waals surface area contributed by atoms with Crippen molar-refractivity contribution in [3.63, 3.8) is 0 Å². The lowest BCUT2D eigenvalue weighted by molar-refractivity contribution is 0.100. The minimum absolute atomic E-state index is 0.0266. The van der Waals surface area contributed by atoms with Crippen molar-refractivity contribution < 1.29 is 15.0 Å². The zero-order valence-corrected chi connectivity index (χ0v) is 11.0. The van der Waals surface area contributed by atoms with Crippen molar-refractivity contribution in [3.8, 4) is 11.5 Å². The molecule has 2 aromatic carbocycles. The number of phenols is 2. The molecule has 1 amide bonds. The third-order valence-electron chi connectivity index (χ3n) is 3.05. The van der Waals surface area contributed by atoms with E-state index in [0.717, 1.165) is 5.69 Å². The van der Waals surface area contributed by atoms with E-state index < -0.39 is 5.91 Å². The van der Waals surface area contributed by atoms with E-state index in [9.17, 15) is 15.0 Å². The van der Waals surface area contributed by atoms with Gasteiger partial charge < -0.3 is 21.3 Å². The van der Waals surface area contributed by atoms with Crippen LogP contribution in [0.2, 0.25) is 0 Å². The molecule has 0 saturated heterocycles. The van der Waals surface area contributed by atoms with Gasteiger partial charge in [0.15, 0.2) is 0 Å². The molecule has 0 fully saturated rings. The van der Waals surface area contributed by atoms with Crippen molar-refractivity contribution >= 4 is 11.6 Å². The quantitative estimate of drug-likeness (QED) is 0.687. The molecule has 0 bridgehead atoms. The van der Waals surface area contributed by atoms with Crippen LogP contribution in [0.3, 0.4) is 0 Å². The molecule has 5 heteroatoms. The van der Waals surface area contributed by atoms with Crippen LogP contribution in [0.25, 0.3) is 0 Å². The van der Waals surface area contributed by atoms with Crippen molar-refractivity contribution in [1.29, 1.82) is 0 Å². The summed E-state index contributed by atoms with van der Waals surface area (Å²) in [5, 5.41) is 22.7. The molecule has 1 unspecified atom stereocenters. The molecule has 20 heavy (non-hydrogen) atoms. The van der Waals surface area contributed by atoms with Crippen molar-refractivity contribution in [1.82, 2.24) is 0 Å². The fourth-order valence-electron chi connectivity index (χ4n) is 2.04. The predicted molar refractivity (Wildman–Crippen MR) is 76.8 cm³/mol. The highest BCUT2D eigenvalue weighted by Crippen LogP contribution is 2.34. The Balaban J connectivity index is 2.19. The number of benzene rings is 2. The van der Waals surface area contributed by atoms with Crippen molar-refractivity contribution in [2.24, 2.45) is 5.73 Å². The molecule has 0 aliphatic rings. The zero-order chi connectivity index (χ0) is 14.7. The normalized spacial score (nSPS) is 11.8. The van der Waals surface area contributed by atoms with Gasteiger partial charge in [0.1, 0.15) is 11.5 Å². The average molecular weight is 272 g/mol. The van der Waals surface area contributed by atoms with Crippen LogP contribution in [0.1, 0.15) is 28.9 Å². The van der Waals surface area contributed by atoms with E-state index in [1.54, 1.807) is 30.3 Å². The number of phenolic OH excluding ortho intramolecular Hbond substituents is 2. The summed E-state index contributed by atoms with van der Waals surface area (Å²) in [5.41, 5.74) is 6.77. The van der Waals surface area contributed by atoms with Crippen LogP contribution in [0.5, 0.6) is 11.5 Å². The molecule has 0 aromatic heterocycles. The maximum Gasteiger partial charge on any atom is 0.248 e. The molecule has 2 rings (SSSR count). The highest BCUT2D eigenvalue weighted by molar-refractivity contribution is 5.93. The first-order valence-corrected chi connectivity index (χ1v) is 6.16. The molecule has 0 heterocycles. The van der Waals surface area contributed by atoms with E-state index in [1.165, 1.54) is 12.1 Å². The molecule has 0 radical (unpaired) electrons. The molecule has 5 N–H and O–H groups in total. The van der Waals surface area contributed by atoms with E-state index in [2.05, 4.69) is 5.32 Å². The first kappa shape index (κ1) is 13.7. The number of nitrogens with one attached hydrogen (secondary N) is 1. The Labute approximate surface area is 116 Å². The summed E-state index contributed by atoms with van der Waals surface area (Å²) < 4.78 is 0. The Morgan fingerprint density at radius 3 is 2.15 bits per heavy atom. The number of carbonyl (C=O) groups excluding carboxylic acids is 1. The maximum absolute atomic E-state index is 11.0. The second-order valence-electron chi connectivity index (χ2n) is 4.52. The summed E-state index contributed by atoms with van der Waals surface area (Å²) >= 11 is 0. The Morgan fingerprint density at radius 1 is 1.10 bits per heavy atom. The molecule has 1 atom stereocenters. The fourth-order valence-corrected chi connectivity index (χ4v) is 2.04. The smallest absolute Gasteiger partial charge is 0.248 e. The Morgan fingerprint density at radius 2 is 1.65 bits per heavy atom. The van der Waals surface area contributed by atoms with Crippen LogP contribution < -0.4 is 11.1 Å². The SMILES string of the molecule is CC(Nc1ccc(C(N)=O)cc1)c1c(O)cccc1O. The summed E-state index contributed by atoms with van der Waals surface area (Å²) in [5.74, 6) is -0.430. The number of primary amides is 1. The van der Waals surface area contributed by atoms with Gasteiger partial charge in [0, 0.05) is 11.3 Å². The van der Waals surface area contributed by atoms with Crippen LogP contribution in [-0.2, 0) is 0 Å².